The van der Waals surface area contributed by atoms with Gasteiger partial charge in [-0.3, -0.25) is 14.6 Å². The minimum Gasteiger partial charge on any atom is -0.497 e. The van der Waals surface area contributed by atoms with Gasteiger partial charge in [-0.2, -0.15) is 13.5 Å². The molecule has 2 aromatic carbocycles. The Kier molecular flexibility index (Phi) is 5.36. The van der Waals surface area contributed by atoms with E-state index in [9.17, 15) is 13.2 Å². The van der Waals surface area contributed by atoms with E-state index >= 15 is 0 Å². The van der Waals surface area contributed by atoms with Crippen molar-refractivity contribution in [2.45, 2.75) is 18.9 Å². The summed E-state index contributed by atoms with van der Waals surface area (Å²) in [5.74, 6) is 0.0347. The molecule has 0 aliphatic carbocycles. The van der Waals surface area contributed by atoms with Gasteiger partial charge in [-0.25, -0.2) is 0 Å². The van der Waals surface area contributed by atoms with Gasteiger partial charge < -0.3 is 10.1 Å². The second-order valence-electron chi connectivity index (χ2n) is 6.13. The molecule has 0 spiro atoms. The molecule has 146 valence electrons. The average molecular weight is 400 g/mol. The Bertz CT molecular complexity index is 1110. The number of benzene rings is 2. The molecule has 0 bridgehead atoms. The molecule has 1 amide bonds. The van der Waals surface area contributed by atoms with Crippen LogP contribution in [0.1, 0.15) is 21.6 Å². The maximum absolute atomic E-state index is 12.8. The Hall–Kier alpha value is -3.33. The van der Waals surface area contributed by atoms with Crippen molar-refractivity contribution in [1.29, 1.82) is 0 Å². The van der Waals surface area contributed by atoms with Gasteiger partial charge in [-0.1, -0.05) is 18.2 Å². The van der Waals surface area contributed by atoms with Gasteiger partial charge in [0.1, 0.15) is 11.3 Å². The Balaban J connectivity index is 1.90. The summed E-state index contributed by atoms with van der Waals surface area (Å²) in [5, 5.41) is 8.79. The lowest BCUT2D eigenvalue weighted by molar-refractivity contribution is 0.102. The molecule has 0 aliphatic rings. The average Bonchev–Trinajstić information content (AvgIpc) is 3.06. The predicted molar refractivity (Wildman–Crippen MR) is 106 cm³/mol. The molecular formula is C19H20N4O4S. The number of aryl methyl sites for hydroxylation is 2. The van der Waals surface area contributed by atoms with E-state index < -0.39 is 15.9 Å². The zero-order chi connectivity index (χ0) is 20.3. The first kappa shape index (κ1) is 19.4. The monoisotopic (exact) mass is 400 g/mol. The molecule has 3 N–H and O–H groups in total. The lowest BCUT2D eigenvalue weighted by atomic mass is 10.2. The third kappa shape index (κ3) is 3.99. The zero-order valence-electron chi connectivity index (χ0n) is 15.6. The Morgan fingerprint density at radius 3 is 2.39 bits per heavy atom. The van der Waals surface area contributed by atoms with Crippen LogP contribution < -0.4 is 14.8 Å². The van der Waals surface area contributed by atoms with Gasteiger partial charge in [-0.15, -0.1) is 0 Å². The van der Waals surface area contributed by atoms with Crippen LogP contribution in [-0.4, -0.2) is 31.6 Å². The number of methoxy groups -OCH3 is 1. The number of sulfonamides is 1. The summed E-state index contributed by atoms with van der Waals surface area (Å²) in [4.78, 5) is 12.8. The number of carbonyl (C=O) groups excluding carboxylic acids is 1. The van der Waals surface area contributed by atoms with Crippen molar-refractivity contribution in [3.63, 3.8) is 0 Å². The van der Waals surface area contributed by atoms with Gasteiger partial charge in [0.05, 0.1) is 7.11 Å². The standard InChI is InChI=1S/C19H20N4O4S/c1-12-6-4-5-7-16(12)20-18(24)17-13(2)21-22-19(17)28(25,26)23-14-8-10-15(27-3)11-9-14/h4-11,23H,1-3H3,(H,20,24)(H,21,22). The number of carbonyl (C=O) groups is 1. The molecule has 3 aromatic rings. The quantitative estimate of drug-likeness (QED) is 0.588. The van der Waals surface area contributed by atoms with Crippen molar-refractivity contribution >= 4 is 27.3 Å². The first-order valence-electron chi connectivity index (χ1n) is 8.40. The number of hydrogen-bond donors (Lipinski definition) is 3. The van der Waals surface area contributed by atoms with Crippen molar-refractivity contribution in [1.82, 2.24) is 10.2 Å². The van der Waals surface area contributed by atoms with Crippen LogP contribution in [0, 0.1) is 13.8 Å². The summed E-state index contributed by atoms with van der Waals surface area (Å²) >= 11 is 0. The zero-order valence-corrected chi connectivity index (χ0v) is 16.4. The lowest BCUT2D eigenvalue weighted by Crippen LogP contribution is -2.20. The fourth-order valence-corrected chi connectivity index (χ4v) is 3.85. The number of anilines is 2. The van der Waals surface area contributed by atoms with E-state index in [4.69, 9.17) is 4.74 Å². The second-order valence-corrected chi connectivity index (χ2v) is 7.73. The number of rotatable bonds is 6. The number of ether oxygens (including phenoxy) is 1. The minimum absolute atomic E-state index is 0.0377. The number of hydrogen-bond acceptors (Lipinski definition) is 5. The smallest absolute Gasteiger partial charge is 0.282 e. The minimum atomic E-state index is -4.08. The van der Waals surface area contributed by atoms with E-state index in [1.807, 2.05) is 19.1 Å². The second kappa shape index (κ2) is 7.73. The highest BCUT2D eigenvalue weighted by Crippen LogP contribution is 2.23. The van der Waals surface area contributed by atoms with Gasteiger partial charge >= 0.3 is 0 Å². The van der Waals surface area contributed by atoms with Crippen molar-refractivity contribution < 1.29 is 17.9 Å². The Labute approximate surface area is 163 Å². The summed E-state index contributed by atoms with van der Waals surface area (Å²) in [6.45, 7) is 3.44. The van der Waals surface area contributed by atoms with Gasteiger partial charge in [-0.05, 0) is 49.7 Å². The fraction of sp³-hybridized carbons (Fsp3) is 0.158. The predicted octanol–water partition coefficient (Wildman–Crippen LogP) is 3.09. The molecule has 0 saturated carbocycles. The van der Waals surface area contributed by atoms with Crippen LogP contribution in [0.15, 0.2) is 53.6 Å². The number of H-pyrrole nitrogens is 1. The van der Waals surface area contributed by atoms with Crippen molar-refractivity contribution in [3.8, 4) is 5.75 Å². The highest BCUT2D eigenvalue weighted by molar-refractivity contribution is 7.92. The first-order chi connectivity index (χ1) is 13.3. The largest absolute Gasteiger partial charge is 0.497 e. The molecule has 1 aromatic heterocycles. The molecule has 3 rings (SSSR count). The van der Waals surface area contributed by atoms with Crippen LogP contribution in [-0.2, 0) is 10.0 Å². The number of aromatic nitrogens is 2. The first-order valence-corrected chi connectivity index (χ1v) is 9.89. The Morgan fingerprint density at radius 1 is 1.07 bits per heavy atom. The van der Waals surface area contributed by atoms with Crippen molar-refractivity contribution in [3.05, 3.63) is 65.4 Å². The van der Waals surface area contributed by atoms with Crippen LogP contribution in [0.2, 0.25) is 0 Å². The van der Waals surface area contributed by atoms with Crippen molar-refractivity contribution in [2.75, 3.05) is 17.1 Å². The normalized spacial score (nSPS) is 11.1. The molecule has 0 radical (unpaired) electrons. The summed E-state index contributed by atoms with van der Waals surface area (Å²) in [5.41, 5.74) is 2.09. The molecule has 1 heterocycles. The summed E-state index contributed by atoms with van der Waals surface area (Å²) < 4.78 is 33.1. The number of para-hydroxylation sites is 1. The number of nitrogens with zero attached hydrogens (tertiary/aromatic N) is 1. The molecule has 0 saturated heterocycles. The van der Waals surface area contributed by atoms with E-state index in [1.165, 1.54) is 7.11 Å². The van der Waals surface area contributed by atoms with Gasteiger partial charge in [0.15, 0.2) is 0 Å². The summed E-state index contributed by atoms with van der Waals surface area (Å²) in [6, 6.07) is 13.6. The molecule has 0 fully saturated rings. The molecule has 0 aliphatic heterocycles. The van der Waals surface area contributed by atoms with E-state index in [2.05, 4.69) is 20.2 Å². The maximum Gasteiger partial charge on any atom is 0.282 e. The van der Waals surface area contributed by atoms with E-state index in [0.717, 1.165) is 5.56 Å². The van der Waals surface area contributed by atoms with Crippen LogP contribution in [0.3, 0.4) is 0 Å². The molecule has 0 unspecified atom stereocenters. The number of aromatic amines is 1. The third-order valence-corrected chi connectivity index (χ3v) is 5.44. The SMILES string of the molecule is COc1ccc(NS(=O)(=O)c2n[nH]c(C)c2C(=O)Nc2ccccc2C)cc1. The number of nitrogens with one attached hydrogen (secondary N) is 3. The molecular weight excluding hydrogens is 380 g/mol. The van der Waals surface area contributed by atoms with Crippen molar-refractivity contribution in [2.24, 2.45) is 0 Å². The van der Waals surface area contributed by atoms with E-state index in [0.29, 0.717) is 22.8 Å². The van der Waals surface area contributed by atoms with E-state index in [-0.39, 0.29) is 10.6 Å². The molecule has 28 heavy (non-hydrogen) atoms. The number of amides is 1. The van der Waals surface area contributed by atoms with Gasteiger partial charge in [0.2, 0.25) is 5.03 Å². The lowest BCUT2D eigenvalue weighted by Gasteiger charge is -2.10. The maximum atomic E-state index is 12.8. The topological polar surface area (TPSA) is 113 Å². The highest BCUT2D eigenvalue weighted by atomic mass is 32.2. The van der Waals surface area contributed by atoms with Crippen LogP contribution in [0.25, 0.3) is 0 Å². The van der Waals surface area contributed by atoms with Gasteiger partial charge in [0.25, 0.3) is 15.9 Å². The van der Waals surface area contributed by atoms with Crippen LogP contribution in [0.4, 0.5) is 11.4 Å². The van der Waals surface area contributed by atoms with E-state index in [1.54, 1.807) is 43.3 Å². The van der Waals surface area contributed by atoms with Crippen LogP contribution >= 0.6 is 0 Å². The third-order valence-electron chi connectivity index (χ3n) is 4.13. The molecule has 9 heteroatoms. The Morgan fingerprint density at radius 2 is 1.75 bits per heavy atom. The van der Waals surface area contributed by atoms with Crippen LogP contribution in [0.5, 0.6) is 5.75 Å². The highest BCUT2D eigenvalue weighted by Gasteiger charge is 2.28. The van der Waals surface area contributed by atoms with Gasteiger partial charge in [0, 0.05) is 17.1 Å². The summed E-state index contributed by atoms with van der Waals surface area (Å²) in [7, 11) is -2.57. The summed E-state index contributed by atoms with van der Waals surface area (Å²) in [6.07, 6.45) is 0. The molecule has 8 nitrogen and oxygen atoms in total. The molecule has 0 atom stereocenters. The fourth-order valence-electron chi connectivity index (χ4n) is 2.63.